The van der Waals surface area contributed by atoms with Crippen LogP contribution >= 0.6 is 0 Å². The van der Waals surface area contributed by atoms with Gasteiger partial charge in [-0.05, 0) is 37.5 Å². The second kappa shape index (κ2) is 5.88. The monoisotopic (exact) mass is 246 g/mol. The minimum atomic E-state index is -0.166. The van der Waals surface area contributed by atoms with Crippen molar-refractivity contribution < 1.29 is 4.39 Å². The average molecular weight is 246 g/mol. The molecule has 2 rings (SSSR count). The fourth-order valence-electron chi connectivity index (χ4n) is 2.32. The Hall–Kier alpha value is -1.53. The number of aryl methyl sites for hydroxylation is 1. The van der Waals surface area contributed by atoms with Crippen LogP contribution in [0.3, 0.4) is 0 Å². The second-order valence-electron chi connectivity index (χ2n) is 4.88. The van der Waals surface area contributed by atoms with Crippen molar-refractivity contribution >= 4 is 5.69 Å². The molecule has 0 amide bonds. The second-order valence-corrected chi connectivity index (χ2v) is 4.88. The number of nitrogens with zero attached hydrogens (tertiary/aromatic N) is 1. The first kappa shape index (κ1) is 12.9. The molecule has 0 radical (unpaired) electrons. The van der Waals surface area contributed by atoms with Gasteiger partial charge in [-0.15, -0.1) is 6.42 Å². The molecule has 0 unspecified atom stereocenters. The Bertz CT molecular complexity index is 442. The fraction of sp³-hybridized carbons (Fsp3) is 0.467. The van der Waals surface area contributed by atoms with Gasteiger partial charge in [0.1, 0.15) is 5.82 Å². The van der Waals surface area contributed by atoms with Crippen LogP contribution in [0, 0.1) is 25.1 Å². The quantitative estimate of drug-likeness (QED) is 0.825. The number of benzene rings is 1. The summed E-state index contributed by atoms with van der Waals surface area (Å²) >= 11 is 0. The van der Waals surface area contributed by atoms with Gasteiger partial charge in [-0.1, -0.05) is 12.0 Å². The lowest BCUT2D eigenvalue weighted by atomic mass is 10.0. The Morgan fingerprint density at radius 3 is 2.78 bits per heavy atom. The number of halogens is 1. The molecule has 0 spiro atoms. The largest absolute Gasteiger partial charge is 0.380 e. The summed E-state index contributed by atoms with van der Waals surface area (Å²) in [4.78, 5) is 2.25. The summed E-state index contributed by atoms with van der Waals surface area (Å²) in [5.74, 6) is 2.50. The smallest absolute Gasteiger partial charge is 0.146 e. The van der Waals surface area contributed by atoms with E-state index in [4.69, 9.17) is 6.42 Å². The third-order valence-electron chi connectivity index (χ3n) is 3.39. The van der Waals surface area contributed by atoms with E-state index in [-0.39, 0.29) is 5.82 Å². The van der Waals surface area contributed by atoms with Crippen LogP contribution in [0.25, 0.3) is 0 Å². The summed E-state index contributed by atoms with van der Waals surface area (Å²) < 4.78 is 13.7. The normalized spacial score (nSPS) is 17.4. The molecule has 1 aliphatic heterocycles. The summed E-state index contributed by atoms with van der Waals surface area (Å²) in [5.41, 5.74) is 1.55. The molecule has 1 aromatic carbocycles. The molecule has 1 saturated heterocycles. The van der Waals surface area contributed by atoms with Gasteiger partial charge in [0.05, 0.1) is 12.2 Å². The standard InChI is InChI=1S/C15H19FN2/c1-3-8-18-9-6-13(7-10-18)17-15-5-4-12(2)11-14(15)16/h1,4-5,11,13,17H,6-10H2,2H3. The lowest BCUT2D eigenvalue weighted by Crippen LogP contribution is -2.39. The van der Waals surface area contributed by atoms with Crippen molar-refractivity contribution in [2.75, 3.05) is 25.0 Å². The third-order valence-corrected chi connectivity index (χ3v) is 3.39. The minimum absolute atomic E-state index is 0.166. The zero-order chi connectivity index (χ0) is 13.0. The number of terminal acetylenes is 1. The first-order chi connectivity index (χ1) is 8.69. The molecule has 1 N–H and O–H groups in total. The maximum atomic E-state index is 13.7. The Kier molecular flexibility index (Phi) is 4.22. The zero-order valence-corrected chi connectivity index (χ0v) is 10.7. The molecule has 0 aliphatic carbocycles. The fourth-order valence-corrected chi connectivity index (χ4v) is 2.32. The number of rotatable bonds is 3. The number of anilines is 1. The number of nitrogens with one attached hydrogen (secondary N) is 1. The third kappa shape index (κ3) is 3.24. The van der Waals surface area contributed by atoms with Crippen LogP contribution in [0.4, 0.5) is 10.1 Å². The SMILES string of the molecule is C#CCN1CCC(Nc2ccc(C)cc2F)CC1. The molecule has 2 nitrogen and oxygen atoms in total. The molecule has 0 bridgehead atoms. The highest BCUT2D eigenvalue weighted by Gasteiger charge is 2.19. The zero-order valence-electron chi connectivity index (χ0n) is 10.7. The van der Waals surface area contributed by atoms with E-state index in [1.54, 1.807) is 6.07 Å². The molecule has 3 heteroatoms. The van der Waals surface area contributed by atoms with Gasteiger partial charge in [0.2, 0.25) is 0 Å². The van der Waals surface area contributed by atoms with Crippen LogP contribution in [0.1, 0.15) is 18.4 Å². The molecule has 96 valence electrons. The number of hydrogen-bond donors (Lipinski definition) is 1. The van der Waals surface area contributed by atoms with E-state index in [1.165, 1.54) is 0 Å². The van der Waals surface area contributed by atoms with Gasteiger partial charge in [0.15, 0.2) is 0 Å². The van der Waals surface area contributed by atoms with E-state index in [9.17, 15) is 4.39 Å². The van der Waals surface area contributed by atoms with Crippen LogP contribution < -0.4 is 5.32 Å². The van der Waals surface area contributed by atoms with Gasteiger partial charge in [-0.2, -0.15) is 0 Å². The molecule has 0 saturated carbocycles. The maximum Gasteiger partial charge on any atom is 0.146 e. The lowest BCUT2D eigenvalue weighted by Gasteiger charge is -2.31. The highest BCUT2D eigenvalue weighted by molar-refractivity contribution is 5.47. The van der Waals surface area contributed by atoms with Crippen molar-refractivity contribution in [2.45, 2.75) is 25.8 Å². The molecular weight excluding hydrogens is 227 g/mol. The lowest BCUT2D eigenvalue weighted by molar-refractivity contribution is 0.243. The van der Waals surface area contributed by atoms with E-state index in [0.717, 1.165) is 31.5 Å². The van der Waals surface area contributed by atoms with E-state index in [1.807, 2.05) is 19.1 Å². The van der Waals surface area contributed by atoms with Crippen molar-refractivity contribution in [3.8, 4) is 12.3 Å². The Labute approximate surface area is 108 Å². The molecule has 1 fully saturated rings. The predicted octanol–water partition coefficient (Wildman–Crippen LogP) is 2.64. The van der Waals surface area contributed by atoms with E-state index in [2.05, 4.69) is 16.1 Å². The van der Waals surface area contributed by atoms with E-state index >= 15 is 0 Å². The van der Waals surface area contributed by atoms with Gasteiger partial charge >= 0.3 is 0 Å². The van der Waals surface area contributed by atoms with Gasteiger partial charge in [-0.3, -0.25) is 4.90 Å². The summed E-state index contributed by atoms with van der Waals surface area (Å²) in [6, 6.07) is 5.66. The predicted molar refractivity (Wildman–Crippen MR) is 73.1 cm³/mol. The van der Waals surface area contributed by atoms with Crippen LogP contribution in [-0.2, 0) is 0 Å². The Morgan fingerprint density at radius 1 is 1.44 bits per heavy atom. The first-order valence-corrected chi connectivity index (χ1v) is 6.37. The van der Waals surface area contributed by atoms with Crippen LogP contribution in [0.5, 0.6) is 0 Å². The molecule has 18 heavy (non-hydrogen) atoms. The van der Waals surface area contributed by atoms with Gasteiger partial charge in [-0.25, -0.2) is 4.39 Å². The summed E-state index contributed by atoms with van der Waals surface area (Å²) in [6.07, 6.45) is 7.31. The van der Waals surface area contributed by atoms with E-state index in [0.29, 0.717) is 18.3 Å². The highest BCUT2D eigenvalue weighted by Crippen LogP contribution is 2.20. The molecule has 0 atom stereocenters. The molecular formula is C15H19FN2. The highest BCUT2D eigenvalue weighted by atomic mass is 19.1. The first-order valence-electron chi connectivity index (χ1n) is 6.37. The molecule has 1 aliphatic rings. The Balaban J connectivity index is 1.90. The number of piperidine rings is 1. The van der Waals surface area contributed by atoms with Crippen molar-refractivity contribution in [1.29, 1.82) is 0 Å². The number of hydrogen-bond acceptors (Lipinski definition) is 2. The maximum absolute atomic E-state index is 13.7. The number of likely N-dealkylation sites (tertiary alicyclic amines) is 1. The van der Waals surface area contributed by atoms with Crippen molar-refractivity contribution in [3.63, 3.8) is 0 Å². The Morgan fingerprint density at radius 2 is 2.17 bits per heavy atom. The topological polar surface area (TPSA) is 15.3 Å². The summed E-state index contributed by atoms with van der Waals surface area (Å²) in [7, 11) is 0. The van der Waals surface area contributed by atoms with Crippen molar-refractivity contribution in [1.82, 2.24) is 4.90 Å². The summed E-state index contributed by atoms with van der Waals surface area (Å²) in [5, 5.41) is 3.29. The van der Waals surface area contributed by atoms with Crippen molar-refractivity contribution in [2.24, 2.45) is 0 Å². The van der Waals surface area contributed by atoms with Crippen molar-refractivity contribution in [3.05, 3.63) is 29.6 Å². The van der Waals surface area contributed by atoms with Crippen LogP contribution in [-0.4, -0.2) is 30.6 Å². The molecule has 0 aromatic heterocycles. The molecule has 1 aromatic rings. The van der Waals surface area contributed by atoms with Crippen LogP contribution in [0.2, 0.25) is 0 Å². The van der Waals surface area contributed by atoms with Gasteiger partial charge < -0.3 is 5.32 Å². The van der Waals surface area contributed by atoms with E-state index < -0.39 is 0 Å². The van der Waals surface area contributed by atoms with Gasteiger partial charge in [0, 0.05) is 19.1 Å². The summed E-state index contributed by atoms with van der Waals surface area (Å²) in [6.45, 7) is 4.57. The van der Waals surface area contributed by atoms with Crippen LogP contribution in [0.15, 0.2) is 18.2 Å². The molecule has 1 heterocycles. The van der Waals surface area contributed by atoms with Gasteiger partial charge in [0.25, 0.3) is 0 Å². The minimum Gasteiger partial charge on any atom is -0.380 e. The average Bonchev–Trinajstić information content (AvgIpc) is 2.35.